The summed E-state index contributed by atoms with van der Waals surface area (Å²) in [6.45, 7) is 2.07. The van der Waals surface area contributed by atoms with E-state index in [0.29, 0.717) is 19.3 Å². The Morgan fingerprint density at radius 2 is 1.21 bits per heavy atom. The Bertz CT molecular complexity index is 1820. The second-order valence-corrected chi connectivity index (χ2v) is 20.0. The molecule has 68 heavy (non-hydrogen) atoms. The predicted octanol–water partition coefficient (Wildman–Crippen LogP) is 9.78. The Kier molecular flexibility index (Phi) is 32.8. The van der Waals surface area contributed by atoms with Gasteiger partial charge in [-0.3, -0.25) is 23.2 Å². The number of ether oxygens (including phenoxy) is 3. The monoisotopic (exact) mass is 1000 g/mol. The van der Waals surface area contributed by atoms with Crippen LogP contribution in [0.15, 0.2) is 65.7 Å². The number of nitrogens with two attached hydrogens (primary N) is 1. The first kappa shape index (κ1) is 60.8. The van der Waals surface area contributed by atoms with Gasteiger partial charge in [0.05, 0.1) is 13.2 Å². The molecule has 7 atom stereocenters. The highest BCUT2D eigenvalue weighted by Gasteiger charge is 2.46. The van der Waals surface area contributed by atoms with Crippen molar-refractivity contribution in [2.45, 2.75) is 199 Å². The lowest BCUT2D eigenvalue weighted by molar-refractivity contribution is -0.161. The van der Waals surface area contributed by atoms with Crippen molar-refractivity contribution in [3.05, 3.63) is 71.4 Å². The van der Waals surface area contributed by atoms with E-state index in [0.717, 1.165) is 62.1 Å². The number of aromatic nitrogens is 2. The lowest BCUT2D eigenvalue weighted by Gasteiger charge is -2.21. The van der Waals surface area contributed by atoms with Crippen LogP contribution in [0, 0.1) is 0 Å². The number of nitrogen functional groups attached to an aromatic ring is 1. The Hall–Kier alpha value is -3.28. The fourth-order valence-corrected chi connectivity index (χ4v) is 9.18. The summed E-state index contributed by atoms with van der Waals surface area (Å²) in [6, 6.07) is 1.24. The van der Waals surface area contributed by atoms with Crippen LogP contribution in [0.25, 0.3) is 0 Å². The van der Waals surface area contributed by atoms with Crippen LogP contribution in [0.2, 0.25) is 0 Å². The van der Waals surface area contributed by atoms with Gasteiger partial charge >= 0.3 is 33.3 Å². The quantitative estimate of drug-likeness (QED) is 0.0177. The molecule has 0 spiro atoms. The SMILES string of the molecule is CCCCC/C=C\C/C=C\C/C=C\C/C=C\CCCC(=O)O[C@H](COC(=O)CCCCCCCCCCCCCCC)COP(=O)(O)OP(=O)(O)OC[C@H]1O[C@@H](n2ccc(N)nc2=O)C(O)[C@H]1O. The highest BCUT2D eigenvalue weighted by Crippen LogP contribution is 2.60. The van der Waals surface area contributed by atoms with Gasteiger partial charge in [-0.15, -0.1) is 0 Å². The summed E-state index contributed by atoms with van der Waals surface area (Å²) in [5.41, 5.74) is 4.58. The smallest absolute Gasteiger partial charge is 0.462 e. The van der Waals surface area contributed by atoms with E-state index in [2.05, 4.69) is 59.6 Å². The molecule has 0 radical (unpaired) electrons. The van der Waals surface area contributed by atoms with Crippen LogP contribution in [-0.2, 0) is 46.3 Å². The van der Waals surface area contributed by atoms with Crippen molar-refractivity contribution in [2.75, 3.05) is 25.6 Å². The van der Waals surface area contributed by atoms with Crippen molar-refractivity contribution in [1.29, 1.82) is 0 Å². The van der Waals surface area contributed by atoms with Gasteiger partial charge in [0.25, 0.3) is 0 Å². The van der Waals surface area contributed by atoms with Crippen LogP contribution in [0.3, 0.4) is 0 Å². The molecule has 18 nitrogen and oxygen atoms in total. The van der Waals surface area contributed by atoms with Gasteiger partial charge < -0.3 is 39.9 Å². The Morgan fingerprint density at radius 1 is 0.706 bits per heavy atom. The third kappa shape index (κ3) is 29.0. The van der Waals surface area contributed by atoms with Crippen LogP contribution in [-0.4, -0.2) is 85.7 Å². The molecule has 1 aromatic heterocycles. The predicted molar refractivity (Wildman–Crippen MR) is 261 cm³/mol. The summed E-state index contributed by atoms with van der Waals surface area (Å²) in [7, 11) is -10.9. The second kappa shape index (κ2) is 36.6. The maximum absolute atomic E-state index is 12.8. The maximum Gasteiger partial charge on any atom is 0.481 e. The van der Waals surface area contributed by atoms with Gasteiger partial charge in [0, 0.05) is 19.0 Å². The van der Waals surface area contributed by atoms with E-state index in [1.165, 1.54) is 76.7 Å². The van der Waals surface area contributed by atoms with Gasteiger partial charge in [-0.1, -0.05) is 152 Å². The van der Waals surface area contributed by atoms with Crippen molar-refractivity contribution in [3.8, 4) is 0 Å². The number of carbonyl (C=O) groups is 2. The zero-order chi connectivity index (χ0) is 49.9. The number of hydrogen-bond donors (Lipinski definition) is 5. The molecule has 0 aromatic carbocycles. The largest absolute Gasteiger partial charge is 0.481 e. The van der Waals surface area contributed by atoms with Gasteiger partial charge in [0.15, 0.2) is 12.3 Å². The molecule has 2 heterocycles. The van der Waals surface area contributed by atoms with Crippen LogP contribution >= 0.6 is 15.6 Å². The highest BCUT2D eigenvalue weighted by atomic mass is 31.3. The van der Waals surface area contributed by atoms with Gasteiger partial charge in [0.1, 0.15) is 30.7 Å². The minimum absolute atomic E-state index is 0.0253. The molecule has 0 aliphatic carbocycles. The lowest BCUT2D eigenvalue weighted by Crippen LogP contribution is -2.36. The summed E-state index contributed by atoms with van der Waals surface area (Å²) in [5.74, 6) is -1.36. The Balaban J connectivity index is 1.84. The minimum Gasteiger partial charge on any atom is -0.462 e. The first-order valence-corrected chi connectivity index (χ1v) is 27.6. The molecule has 6 N–H and O–H groups in total. The average molecular weight is 1000 g/mol. The van der Waals surface area contributed by atoms with E-state index in [1.54, 1.807) is 0 Å². The first-order valence-electron chi connectivity index (χ1n) is 24.6. The summed E-state index contributed by atoms with van der Waals surface area (Å²) in [5, 5.41) is 20.9. The summed E-state index contributed by atoms with van der Waals surface area (Å²) >= 11 is 0. The zero-order valence-electron chi connectivity index (χ0n) is 40.4. The minimum atomic E-state index is -5.43. The molecule has 388 valence electrons. The third-order valence-corrected chi connectivity index (χ3v) is 13.5. The first-order chi connectivity index (χ1) is 32.7. The van der Waals surface area contributed by atoms with E-state index < -0.39 is 83.7 Å². The van der Waals surface area contributed by atoms with Crippen LogP contribution < -0.4 is 11.4 Å². The number of carbonyl (C=O) groups excluding carboxylic acids is 2. The maximum atomic E-state index is 12.8. The molecule has 2 rings (SSSR count). The van der Waals surface area contributed by atoms with Gasteiger partial charge in [0.2, 0.25) is 0 Å². The van der Waals surface area contributed by atoms with Crippen molar-refractivity contribution >= 4 is 33.4 Å². The average Bonchev–Trinajstić information content (AvgIpc) is 3.57. The van der Waals surface area contributed by atoms with E-state index in [-0.39, 0.29) is 18.7 Å². The molecule has 1 fully saturated rings. The fraction of sp³-hybridized carbons (Fsp3) is 0.708. The molecule has 0 amide bonds. The molecular weight excluding hydrogens is 920 g/mol. The number of rotatable bonds is 40. The number of phosphoric acid groups is 2. The fourth-order valence-electron chi connectivity index (χ4n) is 7.07. The molecule has 20 heteroatoms. The third-order valence-electron chi connectivity index (χ3n) is 10.9. The second-order valence-electron chi connectivity index (χ2n) is 17.0. The lowest BCUT2D eigenvalue weighted by atomic mass is 10.0. The van der Waals surface area contributed by atoms with Crippen LogP contribution in [0.1, 0.15) is 174 Å². The van der Waals surface area contributed by atoms with Gasteiger partial charge in [-0.25, -0.2) is 13.9 Å². The molecule has 0 bridgehead atoms. The molecular formula is C48H81N3O15P2. The number of aliphatic hydroxyl groups is 2. The number of allylic oxidation sites excluding steroid dienone is 8. The van der Waals surface area contributed by atoms with E-state index in [4.69, 9.17) is 29.0 Å². The van der Waals surface area contributed by atoms with Crippen molar-refractivity contribution in [1.82, 2.24) is 9.55 Å². The number of phosphoric ester groups is 2. The van der Waals surface area contributed by atoms with E-state index in [9.17, 15) is 43.5 Å². The Morgan fingerprint density at radius 3 is 1.78 bits per heavy atom. The number of nitrogens with zero attached hydrogens (tertiary/aromatic N) is 2. The highest BCUT2D eigenvalue weighted by molar-refractivity contribution is 7.61. The standard InChI is InChI=1S/C48H81N3O15P2/c1-3-5-7-9-11-13-15-17-18-19-20-22-24-26-28-30-32-34-44(53)64-40(37-61-43(52)33-31-29-27-25-23-21-16-14-12-10-8-6-4-2)38-62-67(57,58)66-68(59,60)63-39-41-45(54)46(55)47(65-41)51-36-35-42(49)50-48(51)56/h11,13,17-18,20,22,26,28,35-36,40-41,45-47,54-55H,3-10,12,14-16,19,21,23-25,27,29-34,37-39H2,1-2H3,(H,57,58)(H,59,60)(H2,49,50,56)/b13-11-,18-17-,22-20-,28-26-/t40-,41-,45+,46?,47-/m1/s1. The normalized spacial score (nSPS) is 19.9. The van der Waals surface area contributed by atoms with Gasteiger partial charge in [-0.05, 0) is 57.4 Å². The summed E-state index contributed by atoms with van der Waals surface area (Å²) < 4.78 is 56.6. The molecule has 1 aliphatic rings. The van der Waals surface area contributed by atoms with Crippen molar-refractivity contribution in [3.63, 3.8) is 0 Å². The number of esters is 2. The Labute approximate surface area is 403 Å². The van der Waals surface area contributed by atoms with Crippen molar-refractivity contribution < 1.29 is 66.3 Å². The van der Waals surface area contributed by atoms with E-state index >= 15 is 0 Å². The van der Waals surface area contributed by atoms with Crippen molar-refractivity contribution in [2.24, 2.45) is 0 Å². The topological polar surface area (TPSA) is 265 Å². The molecule has 1 saturated heterocycles. The van der Waals surface area contributed by atoms with Crippen LogP contribution in [0.4, 0.5) is 5.82 Å². The van der Waals surface area contributed by atoms with Gasteiger partial charge in [-0.2, -0.15) is 9.29 Å². The molecule has 3 unspecified atom stereocenters. The zero-order valence-corrected chi connectivity index (χ0v) is 42.2. The number of aliphatic hydroxyl groups excluding tert-OH is 2. The number of hydrogen-bond acceptors (Lipinski definition) is 15. The van der Waals surface area contributed by atoms with E-state index in [1.807, 2.05) is 12.2 Å². The van der Waals surface area contributed by atoms with Crippen LogP contribution in [0.5, 0.6) is 0 Å². The summed E-state index contributed by atoms with van der Waals surface area (Å²) in [6.07, 6.45) is 33.5. The molecule has 1 aromatic rings. The summed E-state index contributed by atoms with van der Waals surface area (Å²) in [4.78, 5) is 61.8. The number of unbranched alkanes of at least 4 members (excludes halogenated alkanes) is 16. The molecule has 0 saturated carbocycles. The molecule has 1 aliphatic heterocycles. The number of anilines is 1.